The summed E-state index contributed by atoms with van der Waals surface area (Å²) in [6.45, 7) is 7.95. The lowest BCUT2D eigenvalue weighted by Gasteiger charge is -2.62. The highest BCUT2D eigenvalue weighted by molar-refractivity contribution is 6.01. The van der Waals surface area contributed by atoms with E-state index in [4.69, 9.17) is 9.47 Å². The van der Waals surface area contributed by atoms with Gasteiger partial charge in [-0.3, -0.25) is 9.59 Å². The Kier molecular flexibility index (Phi) is 7.32. The lowest BCUT2D eigenvalue weighted by Crippen LogP contribution is -2.69. The minimum atomic E-state index is -1.97. The molecular weight excluding hydrogens is 511 g/mol. The van der Waals surface area contributed by atoms with E-state index in [1.807, 2.05) is 39.0 Å². The van der Waals surface area contributed by atoms with E-state index < -0.39 is 34.1 Å². The average Bonchev–Trinajstić information content (AvgIpc) is 3.11. The molecule has 0 spiro atoms. The molecule has 0 amide bonds. The number of unbranched alkanes of at least 4 members (excludes halogenated alkanes) is 1. The number of ketones is 2. The summed E-state index contributed by atoms with van der Waals surface area (Å²) >= 11 is 0. The van der Waals surface area contributed by atoms with Crippen LogP contribution >= 0.6 is 0 Å². The van der Waals surface area contributed by atoms with Gasteiger partial charge in [0.15, 0.2) is 17.2 Å². The Morgan fingerprint density at radius 3 is 2.65 bits per heavy atom. The summed E-state index contributed by atoms with van der Waals surface area (Å²) < 4.78 is 28.4. The van der Waals surface area contributed by atoms with Crippen LogP contribution in [0.15, 0.2) is 42.0 Å². The van der Waals surface area contributed by atoms with Crippen molar-refractivity contribution in [2.45, 2.75) is 90.0 Å². The summed E-state index contributed by atoms with van der Waals surface area (Å²) in [6, 6.07) is 5.63. The molecule has 5 rings (SSSR count). The maximum Gasteiger partial charge on any atom is 0.178 e. The zero-order valence-corrected chi connectivity index (χ0v) is 24.3. The molecule has 1 aromatic rings. The van der Waals surface area contributed by atoms with Crippen LogP contribution in [0.4, 0.5) is 4.39 Å². The van der Waals surface area contributed by atoms with Gasteiger partial charge in [0.05, 0.1) is 19.8 Å². The fourth-order valence-electron chi connectivity index (χ4n) is 8.85. The summed E-state index contributed by atoms with van der Waals surface area (Å²) in [5.74, 6) is 0.0358. The number of hydrogen-bond acceptors (Lipinski definition) is 6. The molecule has 0 bridgehead atoms. The number of aliphatic hydroxyl groups is 2. The minimum absolute atomic E-state index is 0.00182. The molecule has 7 heteroatoms. The number of Topliss-reactive ketones (excluding diaryl/α,β-unsaturated/α-hetero) is 1. The van der Waals surface area contributed by atoms with Gasteiger partial charge in [-0.15, -0.1) is 0 Å². The lowest BCUT2D eigenvalue weighted by molar-refractivity contribution is -0.218. The Labute approximate surface area is 236 Å². The molecule has 218 valence electrons. The number of rotatable bonds is 8. The van der Waals surface area contributed by atoms with E-state index in [0.717, 1.165) is 22.6 Å². The second-order valence-electron chi connectivity index (χ2n) is 13.0. The van der Waals surface area contributed by atoms with E-state index in [1.165, 1.54) is 12.2 Å². The Balaban J connectivity index is 1.28. The maximum atomic E-state index is 17.3. The van der Waals surface area contributed by atoms with Gasteiger partial charge in [0, 0.05) is 23.2 Å². The molecule has 4 aliphatic carbocycles. The van der Waals surface area contributed by atoms with E-state index in [0.29, 0.717) is 38.7 Å². The molecule has 3 saturated carbocycles. The van der Waals surface area contributed by atoms with Crippen LogP contribution in [0, 0.1) is 35.5 Å². The third-order valence-corrected chi connectivity index (χ3v) is 11.1. The van der Waals surface area contributed by atoms with Crippen LogP contribution in [-0.4, -0.2) is 52.9 Å². The van der Waals surface area contributed by atoms with Crippen molar-refractivity contribution in [1.29, 1.82) is 0 Å². The van der Waals surface area contributed by atoms with Crippen molar-refractivity contribution in [2.24, 2.45) is 28.6 Å². The molecule has 0 saturated heterocycles. The number of fused-ring (bicyclic) bond motifs is 5. The van der Waals surface area contributed by atoms with Gasteiger partial charge in [-0.05, 0) is 100 Å². The zero-order valence-electron chi connectivity index (χ0n) is 24.3. The second-order valence-corrected chi connectivity index (χ2v) is 13.0. The summed E-state index contributed by atoms with van der Waals surface area (Å²) in [5.41, 5.74) is -3.92. The molecule has 4 aliphatic rings. The second kappa shape index (κ2) is 10.1. The van der Waals surface area contributed by atoms with E-state index in [2.05, 4.69) is 0 Å². The Morgan fingerprint density at radius 2 is 1.95 bits per heavy atom. The standard InChI is InChI=1S/C33H43FO6/c1-20-16-24(10-12-27(20)39-5)40-15-7-6-8-28(36)33(38)21(2)17-26-25-11-9-22-18-23(35)13-14-30(22,3)32(25,34)29(37)19-31(26,33)4/h10,12-14,16,18,21,25-26,29,37-38H,6-9,11,15,17,19H2,1-5H3/t21-,25+,26+,29+,30+,31+,32+,33+/m1/s1. The molecule has 2 N–H and O–H groups in total. The summed E-state index contributed by atoms with van der Waals surface area (Å²) in [5, 5.41) is 23.6. The fourth-order valence-corrected chi connectivity index (χ4v) is 8.85. The predicted molar refractivity (Wildman–Crippen MR) is 150 cm³/mol. The minimum Gasteiger partial charge on any atom is -0.496 e. The van der Waals surface area contributed by atoms with Gasteiger partial charge in [-0.25, -0.2) is 4.39 Å². The molecule has 0 unspecified atom stereocenters. The molecule has 3 fully saturated rings. The number of ether oxygens (including phenoxy) is 2. The third-order valence-electron chi connectivity index (χ3n) is 11.1. The molecule has 0 radical (unpaired) electrons. The number of aryl methyl sites for hydroxylation is 1. The highest BCUT2D eigenvalue weighted by atomic mass is 19.1. The van der Waals surface area contributed by atoms with Crippen molar-refractivity contribution >= 4 is 11.6 Å². The van der Waals surface area contributed by atoms with Crippen LogP contribution in [0.25, 0.3) is 0 Å². The number of hydrogen-bond donors (Lipinski definition) is 2. The van der Waals surface area contributed by atoms with Crippen LogP contribution in [0.3, 0.4) is 0 Å². The van der Waals surface area contributed by atoms with Crippen LogP contribution in [-0.2, 0) is 9.59 Å². The number of halogens is 1. The summed E-state index contributed by atoms with van der Waals surface area (Å²) in [4.78, 5) is 25.8. The first-order valence-electron chi connectivity index (χ1n) is 14.7. The van der Waals surface area contributed by atoms with Crippen LogP contribution in [0.5, 0.6) is 11.5 Å². The van der Waals surface area contributed by atoms with Crippen molar-refractivity contribution in [1.82, 2.24) is 0 Å². The highest BCUT2D eigenvalue weighted by Gasteiger charge is 2.75. The van der Waals surface area contributed by atoms with Gasteiger partial charge >= 0.3 is 0 Å². The van der Waals surface area contributed by atoms with Crippen molar-refractivity contribution < 1.29 is 33.7 Å². The fraction of sp³-hybridized carbons (Fsp3) is 0.636. The average molecular weight is 555 g/mol. The smallest absolute Gasteiger partial charge is 0.178 e. The molecule has 40 heavy (non-hydrogen) atoms. The van der Waals surface area contributed by atoms with Crippen molar-refractivity contribution in [3.05, 3.63) is 47.6 Å². The molecule has 1 aromatic carbocycles. The monoisotopic (exact) mass is 554 g/mol. The van der Waals surface area contributed by atoms with Gasteiger partial charge in [0.25, 0.3) is 0 Å². The number of alkyl halides is 1. The molecule has 0 heterocycles. The summed E-state index contributed by atoms with van der Waals surface area (Å²) in [7, 11) is 1.63. The normalized spacial score (nSPS) is 40.1. The van der Waals surface area contributed by atoms with Crippen LogP contribution in [0.2, 0.25) is 0 Å². The third kappa shape index (κ3) is 4.02. The number of aliphatic hydroxyl groups excluding tert-OH is 1. The van der Waals surface area contributed by atoms with E-state index in [1.54, 1.807) is 20.1 Å². The first-order valence-corrected chi connectivity index (χ1v) is 14.7. The van der Waals surface area contributed by atoms with Gasteiger partial charge in [-0.1, -0.05) is 25.5 Å². The van der Waals surface area contributed by atoms with Gasteiger partial charge in [0.2, 0.25) is 0 Å². The number of methoxy groups -OCH3 is 1. The number of benzene rings is 1. The number of allylic oxidation sites excluding steroid dienone is 4. The molecule has 8 atom stereocenters. The zero-order chi connectivity index (χ0) is 29.1. The van der Waals surface area contributed by atoms with Gasteiger partial charge < -0.3 is 19.7 Å². The van der Waals surface area contributed by atoms with Crippen LogP contribution < -0.4 is 9.47 Å². The molecule has 6 nitrogen and oxygen atoms in total. The predicted octanol–water partition coefficient (Wildman–Crippen LogP) is 5.47. The first kappa shape index (κ1) is 29.0. The summed E-state index contributed by atoms with van der Waals surface area (Å²) in [6.07, 6.45) is 6.19. The Bertz CT molecular complexity index is 1260. The first-order chi connectivity index (χ1) is 18.8. The van der Waals surface area contributed by atoms with Crippen molar-refractivity contribution in [3.63, 3.8) is 0 Å². The van der Waals surface area contributed by atoms with Crippen molar-refractivity contribution in [2.75, 3.05) is 13.7 Å². The van der Waals surface area contributed by atoms with Gasteiger partial charge in [-0.2, -0.15) is 0 Å². The van der Waals surface area contributed by atoms with Crippen LogP contribution in [0.1, 0.15) is 71.3 Å². The van der Waals surface area contributed by atoms with E-state index in [-0.39, 0.29) is 36.2 Å². The Morgan fingerprint density at radius 1 is 1.20 bits per heavy atom. The maximum absolute atomic E-state index is 17.3. The molecular formula is C33H43FO6. The topological polar surface area (TPSA) is 93.1 Å². The van der Waals surface area contributed by atoms with Crippen molar-refractivity contribution in [3.8, 4) is 11.5 Å². The number of carbonyl (C=O) groups excluding carboxylic acids is 2. The largest absolute Gasteiger partial charge is 0.496 e. The Hall–Kier alpha value is -2.51. The van der Waals surface area contributed by atoms with Gasteiger partial charge in [0.1, 0.15) is 17.1 Å². The number of carbonyl (C=O) groups is 2. The SMILES string of the molecule is COc1ccc(OCCCCC(=O)[C@@]2(O)[C@H](C)C[C@H]3[C@@H]4CCC5=CC(=O)C=C[C@]5(C)[C@@]4(F)[C@@H](O)C[C@@]32C)cc1C. The quantitative estimate of drug-likeness (QED) is 0.414. The highest BCUT2D eigenvalue weighted by Crippen LogP contribution is 2.70. The van der Waals surface area contributed by atoms with E-state index in [9.17, 15) is 19.8 Å². The molecule has 0 aromatic heterocycles. The lowest BCUT2D eigenvalue weighted by atomic mass is 9.44. The molecule has 0 aliphatic heterocycles. The van der Waals surface area contributed by atoms with E-state index >= 15 is 4.39 Å².